The molecule has 0 bridgehead atoms. The average molecular weight is 391 g/mol. The Morgan fingerprint density at radius 2 is 1.79 bits per heavy atom. The van der Waals surface area contributed by atoms with E-state index in [9.17, 15) is 15.3 Å². The molecule has 3 nitrogen and oxygen atoms in total. The SMILES string of the molecule is C[C@H](CCCC(C)(C)O)[C@H]1CC[C@H]2/C(=C/C=C3C[C@@H](O)C[C@H](O)C3)CCC[C@H]12. The highest BCUT2D eigenvalue weighted by molar-refractivity contribution is 5.24. The summed E-state index contributed by atoms with van der Waals surface area (Å²) in [6.07, 6.45) is 15.6. The predicted molar refractivity (Wildman–Crippen MR) is 115 cm³/mol. The van der Waals surface area contributed by atoms with E-state index in [0.717, 1.165) is 49.4 Å². The van der Waals surface area contributed by atoms with Crippen molar-refractivity contribution in [2.24, 2.45) is 23.7 Å². The van der Waals surface area contributed by atoms with Gasteiger partial charge in [-0.05, 0) is 95.3 Å². The average Bonchev–Trinajstić information content (AvgIpc) is 3.02. The monoisotopic (exact) mass is 390 g/mol. The van der Waals surface area contributed by atoms with Crippen molar-refractivity contribution in [1.82, 2.24) is 0 Å². The van der Waals surface area contributed by atoms with Gasteiger partial charge in [0.25, 0.3) is 0 Å². The minimum absolute atomic E-state index is 0.381. The highest BCUT2D eigenvalue weighted by Gasteiger charge is 2.41. The molecule has 28 heavy (non-hydrogen) atoms. The van der Waals surface area contributed by atoms with Crippen molar-refractivity contribution >= 4 is 0 Å². The zero-order valence-electron chi connectivity index (χ0n) is 18.2. The Kier molecular flexibility index (Phi) is 7.44. The van der Waals surface area contributed by atoms with Crippen LogP contribution in [0.25, 0.3) is 0 Å². The van der Waals surface area contributed by atoms with Gasteiger partial charge in [0.15, 0.2) is 0 Å². The highest BCUT2D eigenvalue weighted by Crippen LogP contribution is 2.51. The molecule has 0 aromatic rings. The van der Waals surface area contributed by atoms with Crippen LogP contribution < -0.4 is 0 Å². The lowest BCUT2D eigenvalue weighted by Crippen LogP contribution is -2.26. The molecule has 0 aliphatic heterocycles. The third-order valence-electron chi connectivity index (χ3n) is 7.61. The predicted octanol–water partition coefficient (Wildman–Crippen LogP) is 5.15. The van der Waals surface area contributed by atoms with Crippen LogP contribution in [-0.4, -0.2) is 33.1 Å². The number of aliphatic hydroxyl groups excluding tert-OH is 2. The Hall–Kier alpha value is -0.640. The fourth-order valence-electron chi connectivity index (χ4n) is 6.22. The van der Waals surface area contributed by atoms with Gasteiger partial charge in [-0.3, -0.25) is 0 Å². The summed E-state index contributed by atoms with van der Waals surface area (Å²) < 4.78 is 0. The van der Waals surface area contributed by atoms with Gasteiger partial charge >= 0.3 is 0 Å². The molecule has 3 aliphatic rings. The van der Waals surface area contributed by atoms with Crippen LogP contribution in [0.3, 0.4) is 0 Å². The van der Waals surface area contributed by atoms with Gasteiger partial charge in [0, 0.05) is 0 Å². The van der Waals surface area contributed by atoms with Crippen LogP contribution in [0.15, 0.2) is 23.3 Å². The number of hydrogen-bond acceptors (Lipinski definition) is 3. The summed E-state index contributed by atoms with van der Waals surface area (Å²) in [5.41, 5.74) is 2.28. The van der Waals surface area contributed by atoms with Crippen molar-refractivity contribution in [2.45, 2.75) is 109 Å². The Bertz CT molecular complexity index is 559. The third kappa shape index (κ3) is 5.93. The van der Waals surface area contributed by atoms with E-state index < -0.39 is 5.60 Å². The molecule has 3 fully saturated rings. The molecule has 0 spiro atoms. The van der Waals surface area contributed by atoms with Crippen molar-refractivity contribution < 1.29 is 15.3 Å². The van der Waals surface area contributed by atoms with Gasteiger partial charge in [-0.25, -0.2) is 0 Å². The molecule has 3 aliphatic carbocycles. The zero-order valence-corrected chi connectivity index (χ0v) is 18.2. The molecule has 0 amide bonds. The molecule has 6 atom stereocenters. The Balaban J connectivity index is 1.59. The van der Waals surface area contributed by atoms with Crippen molar-refractivity contribution in [3.63, 3.8) is 0 Å². The van der Waals surface area contributed by atoms with Crippen molar-refractivity contribution in [2.75, 3.05) is 0 Å². The maximum atomic E-state index is 9.97. The zero-order chi connectivity index (χ0) is 20.3. The number of rotatable bonds is 6. The van der Waals surface area contributed by atoms with Crippen LogP contribution in [-0.2, 0) is 0 Å². The van der Waals surface area contributed by atoms with Crippen LogP contribution in [0, 0.1) is 23.7 Å². The van der Waals surface area contributed by atoms with Gasteiger partial charge in [0.1, 0.15) is 0 Å². The highest BCUT2D eigenvalue weighted by atomic mass is 16.3. The lowest BCUT2D eigenvalue weighted by Gasteiger charge is -2.34. The fourth-order valence-corrected chi connectivity index (χ4v) is 6.22. The van der Waals surface area contributed by atoms with E-state index in [-0.39, 0.29) is 12.2 Å². The molecule has 0 aromatic heterocycles. The first-order chi connectivity index (χ1) is 13.2. The minimum atomic E-state index is -0.535. The van der Waals surface area contributed by atoms with Crippen LogP contribution in [0.4, 0.5) is 0 Å². The molecule has 0 aromatic carbocycles. The molecule has 3 heteroatoms. The van der Waals surface area contributed by atoms with E-state index in [1.165, 1.54) is 44.1 Å². The van der Waals surface area contributed by atoms with Crippen LogP contribution in [0.2, 0.25) is 0 Å². The lowest BCUT2D eigenvalue weighted by atomic mass is 9.71. The van der Waals surface area contributed by atoms with E-state index in [2.05, 4.69) is 19.1 Å². The molecular formula is C25H42O3. The van der Waals surface area contributed by atoms with Gasteiger partial charge in [0.2, 0.25) is 0 Å². The second-order valence-electron chi connectivity index (χ2n) is 10.6. The normalized spacial score (nSPS) is 36.4. The Morgan fingerprint density at radius 3 is 2.46 bits per heavy atom. The molecule has 0 radical (unpaired) electrons. The smallest absolute Gasteiger partial charge is 0.0602 e. The topological polar surface area (TPSA) is 60.7 Å². The molecule has 0 saturated heterocycles. The summed E-state index contributed by atoms with van der Waals surface area (Å²) in [6, 6.07) is 0. The summed E-state index contributed by atoms with van der Waals surface area (Å²) >= 11 is 0. The van der Waals surface area contributed by atoms with E-state index in [4.69, 9.17) is 0 Å². The minimum Gasteiger partial charge on any atom is -0.393 e. The summed E-state index contributed by atoms with van der Waals surface area (Å²) in [7, 11) is 0. The Labute approximate surface area is 171 Å². The third-order valence-corrected chi connectivity index (χ3v) is 7.61. The maximum Gasteiger partial charge on any atom is 0.0602 e. The molecule has 3 rings (SSSR count). The van der Waals surface area contributed by atoms with Gasteiger partial charge < -0.3 is 15.3 Å². The first kappa shape index (κ1) is 22.1. The lowest BCUT2D eigenvalue weighted by molar-refractivity contribution is 0.0608. The summed E-state index contributed by atoms with van der Waals surface area (Å²) in [5.74, 6) is 3.16. The first-order valence-corrected chi connectivity index (χ1v) is 11.7. The van der Waals surface area contributed by atoms with Gasteiger partial charge in [-0.2, -0.15) is 0 Å². The van der Waals surface area contributed by atoms with E-state index in [1.807, 2.05) is 13.8 Å². The second-order valence-corrected chi connectivity index (χ2v) is 10.6. The van der Waals surface area contributed by atoms with Crippen molar-refractivity contribution in [3.05, 3.63) is 23.3 Å². The van der Waals surface area contributed by atoms with Gasteiger partial charge in [-0.1, -0.05) is 43.1 Å². The number of allylic oxidation sites excluding steroid dienone is 3. The number of hydrogen-bond donors (Lipinski definition) is 3. The maximum absolute atomic E-state index is 9.97. The molecule has 0 heterocycles. The first-order valence-electron chi connectivity index (χ1n) is 11.7. The summed E-state index contributed by atoms with van der Waals surface area (Å²) in [4.78, 5) is 0. The fraction of sp³-hybridized carbons (Fsp3) is 0.840. The van der Waals surface area contributed by atoms with Gasteiger partial charge in [-0.15, -0.1) is 0 Å². The van der Waals surface area contributed by atoms with Crippen LogP contribution >= 0.6 is 0 Å². The number of fused-ring (bicyclic) bond motifs is 1. The molecular weight excluding hydrogens is 348 g/mol. The van der Waals surface area contributed by atoms with E-state index >= 15 is 0 Å². The quantitative estimate of drug-likeness (QED) is 0.588. The van der Waals surface area contributed by atoms with Crippen LogP contribution in [0.1, 0.15) is 91.4 Å². The molecule has 3 saturated carbocycles. The molecule has 0 unspecified atom stereocenters. The molecule has 160 valence electrons. The Morgan fingerprint density at radius 1 is 1.07 bits per heavy atom. The van der Waals surface area contributed by atoms with Crippen molar-refractivity contribution in [3.8, 4) is 0 Å². The summed E-state index contributed by atoms with van der Waals surface area (Å²) in [6.45, 7) is 6.27. The van der Waals surface area contributed by atoms with Crippen molar-refractivity contribution in [1.29, 1.82) is 0 Å². The van der Waals surface area contributed by atoms with E-state index in [0.29, 0.717) is 6.42 Å². The summed E-state index contributed by atoms with van der Waals surface area (Å²) in [5, 5.41) is 29.8. The van der Waals surface area contributed by atoms with Crippen LogP contribution in [0.5, 0.6) is 0 Å². The largest absolute Gasteiger partial charge is 0.393 e. The van der Waals surface area contributed by atoms with E-state index in [1.54, 1.807) is 5.57 Å². The standard InChI is InChI=1S/C25H42O3/c1-17(6-5-13-25(2,3)28)22-11-12-23-19(7-4-8-24(22)23)10-9-18-14-20(26)16-21(27)15-18/h9-10,17,20-24,26-28H,4-8,11-16H2,1-3H3/b19-10+/t17-,20-,21-,22-,23+,24-/m1/s1. The number of aliphatic hydroxyl groups is 3. The van der Waals surface area contributed by atoms with Gasteiger partial charge in [0.05, 0.1) is 17.8 Å². The second kappa shape index (κ2) is 9.45. The molecule has 3 N–H and O–H groups in total.